The summed E-state index contributed by atoms with van der Waals surface area (Å²) < 4.78 is 0. The van der Waals surface area contributed by atoms with E-state index in [1.165, 1.54) is 0 Å². The lowest BCUT2D eigenvalue weighted by molar-refractivity contribution is -0.134. The maximum atomic E-state index is 11.7. The first-order valence-electron chi connectivity index (χ1n) is 5.38. The topological polar surface area (TPSA) is 95.7 Å². The summed E-state index contributed by atoms with van der Waals surface area (Å²) in [4.78, 5) is 23.8. The smallest absolute Gasteiger partial charge is 0.404 e. The van der Waals surface area contributed by atoms with Gasteiger partial charge in [0.05, 0.1) is 0 Å². The summed E-state index contributed by atoms with van der Waals surface area (Å²) in [5, 5.41) is 11.0. The predicted octanol–water partition coefficient (Wildman–Crippen LogP) is -0.162. The van der Waals surface area contributed by atoms with Gasteiger partial charge in [-0.15, -0.1) is 0 Å². The largest absolute Gasteiger partial charge is 0.465 e. The molecular weight excluding hydrogens is 210 g/mol. The maximum Gasteiger partial charge on any atom is 0.404 e. The zero-order valence-corrected chi connectivity index (χ0v) is 9.64. The number of hydrogen-bond acceptors (Lipinski definition) is 3. The average molecular weight is 229 g/mol. The van der Waals surface area contributed by atoms with Crippen LogP contribution in [0.2, 0.25) is 0 Å². The van der Waals surface area contributed by atoms with Crippen molar-refractivity contribution in [2.75, 3.05) is 14.1 Å². The molecule has 1 rings (SSSR count). The molecule has 0 aromatic rings. The van der Waals surface area contributed by atoms with Crippen LogP contribution in [0.25, 0.3) is 0 Å². The molecule has 1 aliphatic rings. The van der Waals surface area contributed by atoms with E-state index in [0.717, 1.165) is 6.42 Å². The molecular formula is C10H19N3O3. The van der Waals surface area contributed by atoms with Crippen LogP contribution >= 0.6 is 0 Å². The number of nitrogens with zero attached hydrogens (tertiary/aromatic N) is 1. The molecule has 3 atom stereocenters. The van der Waals surface area contributed by atoms with Crippen molar-refractivity contribution in [3.05, 3.63) is 0 Å². The monoisotopic (exact) mass is 229 g/mol. The zero-order valence-electron chi connectivity index (χ0n) is 9.64. The second-order valence-electron chi connectivity index (χ2n) is 4.46. The number of carboxylic acid groups (broad SMARTS) is 1. The van der Waals surface area contributed by atoms with Gasteiger partial charge in [0.1, 0.15) is 0 Å². The molecule has 4 N–H and O–H groups in total. The Morgan fingerprint density at radius 1 is 1.38 bits per heavy atom. The molecule has 0 radical (unpaired) electrons. The fourth-order valence-electron chi connectivity index (χ4n) is 2.11. The molecule has 3 unspecified atom stereocenters. The van der Waals surface area contributed by atoms with E-state index in [0.29, 0.717) is 12.8 Å². The third-order valence-corrected chi connectivity index (χ3v) is 3.00. The molecule has 1 saturated carbocycles. The summed E-state index contributed by atoms with van der Waals surface area (Å²) in [7, 11) is 3.41. The molecule has 0 saturated heterocycles. The Hall–Kier alpha value is -1.30. The highest BCUT2D eigenvalue weighted by Gasteiger charge is 2.33. The van der Waals surface area contributed by atoms with Gasteiger partial charge in [-0.1, -0.05) is 0 Å². The lowest BCUT2D eigenvalue weighted by Crippen LogP contribution is -2.52. The molecule has 6 heteroatoms. The molecule has 0 bridgehead atoms. The fourth-order valence-corrected chi connectivity index (χ4v) is 2.11. The van der Waals surface area contributed by atoms with Gasteiger partial charge in [-0.2, -0.15) is 0 Å². The second-order valence-corrected chi connectivity index (χ2v) is 4.46. The van der Waals surface area contributed by atoms with E-state index < -0.39 is 6.09 Å². The standard InChI is InChI=1S/C10H19N3O3/c1-13(2)9(14)6-3-4-7(11)8(5-6)12-10(15)16/h6-8,12H,3-5,11H2,1-2H3,(H,15,16). The Bertz CT molecular complexity index is 280. The molecule has 0 aromatic heterocycles. The molecule has 1 fully saturated rings. The van der Waals surface area contributed by atoms with E-state index in [4.69, 9.17) is 10.8 Å². The van der Waals surface area contributed by atoms with Crippen molar-refractivity contribution >= 4 is 12.0 Å². The molecule has 16 heavy (non-hydrogen) atoms. The first-order valence-corrected chi connectivity index (χ1v) is 5.38. The maximum absolute atomic E-state index is 11.7. The van der Waals surface area contributed by atoms with Crippen LogP contribution in [-0.4, -0.2) is 48.2 Å². The van der Waals surface area contributed by atoms with Crippen LogP contribution in [0.15, 0.2) is 0 Å². The van der Waals surface area contributed by atoms with E-state index in [9.17, 15) is 9.59 Å². The Kier molecular flexibility index (Phi) is 4.12. The van der Waals surface area contributed by atoms with Crippen molar-refractivity contribution in [2.24, 2.45) is 11.7 Å². The van der Waals surface area contributed by atoms with Gasteiger partial charge in [0.2, 0.25) is 5.91 Å². The predicted molar refractivity (Wildman–Crippen MR) is 59.0 cm³/mol. The minimum absolute atomic E-state index is 0.0455. The first kappa shape index (κ1) is 12.8. The van der Waals surface area contributed by atoms with Crippen molar-refractivity contribution in [3.63, 3.8) is 0 Å². The molecule has 0 heterocycles. The van der Waals surface area contributed by atoms with Crippen LogP contribution < -0.4 is 11.1 Å². The summed E-state index contributed by atoms with van der Waals surface area (Å²) >= 11 is 0. The van der Waals surface area contributed by atoms with Gasteiger partial charge in [0, 0.05) is 32.1 Å². The summed E-state index contributed by atoms with van der Waals surface area (Å²) in [6.07, 6.45) is 0.814. The van der Waals surface area contributed by atoms with Gasteiger partial charge in [-0.05, 0) is 19.3 Å². The van der Waals surface area contributed by atoms with E-state index in [-0.39, 0.29) is 23.9 Å². The lowest BCUT2D eigenvalue weighted by atomic mass is 9.82. The van der Waals surface area contributed by atoms with Gasteiger partial charge in [-0.3, -0.25) is 4.79 Å². The third-order valence-electron chi connectivity index (χ3n) is 3.00. The van der Waals surface area contributed by atoms with Crippen LogP contribution in [0.4, 0.5) is 4.79 Å². The Balaban J connectivity index is 2.60. The number of nitrogens with two attached hydrogens (primary N) is 1. The number of carbonyl (C=O) groups excluding carboxylic acids is 1. The highest BCUT2D eigenvalue weighted by molar-refractivity contribution is 5.78. The summed E-state index contributed by atoms with van der Waals surface area (Å²) in [5.41, 5.74) is 5.82. The van der Waals surface area contributed by atoms with E-state index >= 15 is 0 Å². The van der Waals surface area contributed by atoms with E-state index in [1.54, 1.807) is 19.0 Å². The van der Waals surface area contributed by atoms with Crippen LogP contribution in [0, 0.1) is 5.92 Å². The first-order chi connectivity index (χ1) is 7.41. The molecule has 0 aliphatic heterocycles. The molecule has 1 aliphatic carbocycles. The van der Waals surface area contributed by atoms with Crippen LogP contribution in [-0.2, 0) is 4.79 Å². The SMILES string of the molecule is CN(C)C(=O)C1CCC(N)C(NC(=O)O)C1. The van der Waals surface area contributed by atoms with Gasteiger partial charge in [-0.25, -0.2) is 4.79 Å². The van der Waals surface area contributed by atoms with Gasteiger partial charge in [0.25, 0.3) is 0 Å². The fraction of sp³-hybridized carbons (Fsp3) is 0.800. The van der Waals surface area contributed by atoms with E-state index in [1.807, 2.05) is 0 Å². The Labute approximate surface area is 94.8 Å². The van der Waals surface area contributed by atoms with Crippen molar-refractivity contribution in [3.8, 4) is 0 Å². The normalized spacial score (nSPS) is 29.6. The van der Waals surface area contributed by atoms with Gasteiger partial charge >= 0.3 is 6.09 Å². The quantitative estimate of drug-likeness (QED) is 0.613. The van der Waals surface area contributed by atoms with Crippen molar-refractivity contribution in [2.45, 2.75) is 31.3 Å². The van der Waals surface area contributed by atoms with Crippen molar-refractivity contribution < 1.29 is 14.7 Å². The number of hydrogen-bond donors (Lipinski definition) is 3. The molecule has 6 nitrogen and oxygen atoms in total. The molecule has 2 amide bonds. The summed E-state index contributed by atoms with van der Waals surface area (Å²) in [5.74, 6) is -0.0734. The van der Waals surface area contributed by atoms with Crippen molar-refractivity contribution in [1.82, 2.24) is 10.2 Å². The number of carbonyl (C=O) groups is 2. The molecule has 92 valence electrons. The highest BCUT2D eigenvalue weighted by atomic mass is 16.4. The van der Waals surface area contributed by atoms with Crippen molar-refractivity contribution in [1.29, 1.82) is 0 Å². The highest BCUT2D eigenvalue weighted by Crippen LogP contribution is 2.25. The van der Waals surface area contributed by atoms with Gasteiger partial charge < -0.3 is 21.1 Å². The zero-order chi connectivity index (χ0) is 12.3. The van der Waals surface area contributed by atoms with E-state index in [2.05, 4.69) is 5.32 Å². The summed E-state index contributed by atoms with van der Waals surface area (Å²) in [6.45, 7) is 0. The average Bonchev–Trinajstić information content (AvgIpc) is 2.19. The molecule has 0 aromatic carbocycles. The summed E-state index contributed by atoms with van der Waals surface area (Å²) in [6, 6.07) is -0.512. The van der Waals surface area contributed by atoms with Gasteiger partial charge in [0.15, 0.2) is 0 Å². The minimum atomic E-state index is -1.08. The Morgan fingerprint density at radius 2 is 2.00 bits per heavy atom. The molecule has 0 spiro atoms. The second kappa shape index (κ2) is 5.16. The minimum Gasteiger partial charge on any atom is -0.465 e. The van der Waals surface area contributed by atoms with Crippen LogP contribution in [0.5, 0.6) is 0 Å². The van der Waals surface area contributed by atoms with Crippen LogP contribution in [0.1, 0.15) is 19.3 Å². The number of rotatable bonds is 2. The lowest BCUT2D eigenvalue weighted by Gasteiger charge is -2.34. The van der Waals surface area contributed by atoms with Crippen LogP contribution in [0.3, 0.4) is 0 Å². The third kappa shape index (κ3) is 3.10. The Morgan fingerprint density at radius 3 is 2.50 bits per heavy atom. The number of amides is 2. The number of nitrogens with one attached hydrogen (secondary N) is 1.